The van der Waals surface area contributed by atoms with Gasteiger partial charge in [0, 0.05) is 5.33 Å². The first-order valence-corrected chi connectivity index (χ1v) is 4.67. The van der Waals surface area contributed by atoms with Crippen molar-refractivity contribution in [2.24, 2.45) is 0 Å². The predicted molar refractivity (Wildman–Crippen MR) is 48.6 cm³/mol. The van der Waals surface area contributed by atoms with Crippen molar-refractivity contribution in [2.45, 2.75) is 12.8 Å². The molecule has 0 radical (unpaired) electrons. The Morgan fingerprint density at radius 3 is 2.82 bits per heavy atom. The van der Waals surface area contributed by atoms with Crippen molar-refractivity contribution in [3.05, 3.63) is 35.6 Å². The molecule has 60 valence electrons. The van der Waals surface area contributed by atoms with E-state index in [2.05, 4.69) is 22.9 Å². The molecule has 1 rings (SSSR count). The summed E-state index contributed by atoms with van der Waals surface area (Å²) in [6, 6.07) is 6.72. The van der Waals surface area contributed by atoms with Crippen LogP contribution in [-0.4, -0.2) is 5.33 Å². The highest BCUT2D eigenvalue weighted by Crippen LogP contribution is 2.17. The summed E-state index contributed by atoms with van der Waals surface area (Å²) < 4.78 is 12.6. The molecular formula is C9H10BrF. The van der Waals surface area contributed by atoms with Gasteiger partial charge < -0.3 is 0 Å². The molecule has 1 aromatic rings. The first-order chi connectivity index (χ1) is 5.24. The summed E-state index contributed by atoms with van der Waals surface area (Å²) in [4.78, 5) is 0. The first kappa shape index (κ1) is 8.72. The average molecular weight is 217 g/mol. The maximum atomic E-state index is 12.6. The van der Waals surface area contributed by atoms with Crippen molar-refractivity contribution in [3.63, 3.8) is 0 Å². The molecule has 0 saturated heterocycles. The number of alkyl halides is 1. The minimum atomic E-state index is -0.157. The minimum absolute atomic E-state index is 0.157. The van der Waals surface area contributed by atoms with Crippen LogP contribution in [0.4, 0.5) is 4.39 Å². The molecule has 0 aromatic heterocycles. The van der Waals surface area contributed by atoms with E-state index < -0.39 is 0 Å². The molecule has 0 amide bonds. The molecule has 0 spiro atoms. The van der Waals surface area contributed by atoms with E-state index in [4.69, 9.17) is 0 Å². The van der Waals surface area contributed by atoms with Gasteiger partial charge in [-0.05, 0) is 23.6 Å². The maximum Gasteiger partial charge on any atom is 0.123 e. The zero-order valence-corrected chi connectivity index (χ0v) is 7.94. The molecule has 0 aliphatic carbocycles. The third-order valence-corrected chi connectivity index (χ3v) is 2.62. The lowest BCUT2D eigenvalue weighted by molar-refractivity contribution is 0.623. The largest absolute Gasteiger partial charge is 0.207 e. The van der Waals surface area contributed by atoms with Crippen LogP contribution in [0.5, 0.6) is 0 Å². The first-order valence-electron chi connectivity index (χ1n) is 3.55. The number of benzene rings is 1. The fourth-order valence-electron chi connectivity index (χ4n) is 0.902. The molecule has 0 bridgehead atoms. The molecule has 0 aliphatic heterocycles. The third-order valence-electron chi connectivity index (χ3n) is 1.65. The maximum absolute atomic E-state index is 12.6. The second-order valence-electron chi connectivity index (χ2n) is 2.61. The Bertz CT molecular complexity index is 235. The van der Waals surface area contributed by atoms with Gasteiger partial charge in [0.05, 0.1) is 0 Å². The van der Waals surface area contributed by atoms with Gasteiger partial charge in [-0.3, -0.25) is 0 Å². The SMILES string of the molecule is CC(CBr)c1cccc(F)c1. The van der Waals surface area contributed by atoms with Gasteiger partial charge in [-0.1, -0.05) is 35.0 Å². The van der Waals surface area contributed by atoms with Gasteiger partial charge in [0.1, 0.15) is 5.82 Å². The molecule has 1 atom stereocenters. The van der Waals surface area contributed by atoms with Crippen molar-refractivity contribution < 1.29 is 4.39 Å². The lowest BCUT2D eigenvalue weighted by atomic mass is 10.0. The molecule has 0 fully saturated rings. The topological polar surface area (TPSA) is 0 Å². The van der Waals surface area contributed by atoms with Crippen molar-refractivity contribution in [2.75, 3.05) is 5.33 Å². The fraction of sp³-hybridized carbons (Fsp3) is 0.333. The van der Waals surface area contributed by atoms with E-state index in [0.29, 0.717) is 5.92 Å². The molecule has 0 aliphatic rings. The lowest BCUT2D eigenvalue weighted by Crippen LogP contribution is -1.94. The van der Waals surface area contributed by atoms with Crippen LogP contribution in [0.1, 0.15) is 18.4 Å². The molecule has 11 heavy (non-hydrogen) atoms. The Hall–Kier alpha value is -0.370. The summed E-state index contributed by atoms with van der Waals surface area (Å²) in [5.74, 6) is 0.223. The van der Waals surface area contributed by atoms with Crippen LogP contribution in [0.15, 0.2) is 24.3 Å². The van der Waals surface area contributed by atoms with Gasteiger partial charge in [-0.25, -0.2) is 4.39 Å². The average Bonchev–Trinajstić information content (AvgIpc) is 2.03. The van der Waals surface area contributed by atoms with Crippen LogP contribution >= 0.6 is 15.9 Å². The zero-order valence-electron chi connectivity index (χ0n) is 6.35. The van der Waals surface area contributed by atoms with E-state index in [-0.39, 0.29) is 5.82 Å². The number of halogens is 2. The van der Waals surface area contributed by atoms with Crippen LogP contribution < -0.4 is 0 Å². The Balaban J connectivity index is 2.86. The van der Waals surface area contributed by atoms with Crippen LogP contribution in [0.25, 0.3) is 0 Å². The monoisotopic (exact) mass is 216 g/mol. The summed E-state index contributed by atoms with van der Waals surface area (Å²) in [5.41, 5.74) is 1.04. The number of hydrogen-bond donors (Lipinski definition) is 0. The summed E-state index contributed by atoms with van der Waals surface area (Å²) in [5, 5.41) is 0.871. The van der Waals surface area contributed by atoms with Crippen molar-refractivity contribution >= 4 is 15.9 Å². The smallest absolute Gasteiger partial charge is 0.123 e. The van der Waals surface area contributed by atoms with Gasteiger partial charge in [0.15, 0.2) is 0 Å². The highest BCUT2D eigenvalue weighted by Gasteiger charge is 2.02. The predicted octanol–water partition coefficient (Wildman–Crippen LogP) is 3.32. The van der Waals surface area contributed by atoms with Crippen LogP contribution in [-0.2, 0) is 0 Å². The van der Waals surface area contributed by atoms with Crippen molar-refractivity contribution in [3.8, 4) is 0 Å². The molecule has 0 N–H and O–H groups in total. The van der Waals surface area contributed by atoms with Gasteiger partial charge in [0.2, 0.25) is 0 Å². The van der Waals surface area contributed by atoms with Crippen LogP contribution in [0.2, 0.25) is 0 Å². The molecule has 0 nitrogen and oxygen atoms in total. The molecule has 1 aromatic carbocycles. The quantitative estimate of drug-likeness (QED) is 0.666. The molecule has 0 heterocycles. The van der Waals surface area contributed by atoms with Crippen LogP contribution in [0, 0.1) is 5.82 Å². The van der Waals surface area contributed by atoms with Gasteiger partial charge in [0.25, 0.3) is 0 Å². The lowest BCUT2D eigenvalue weighted by Gasteiger charge is -2.06. The minimum Gasteiger partial charge on any atom is -0.207 e. The molecule has 0 saturated carbocycles. The normalized spacial score (nSPS) is 13.0. The van der Waals surface area contributed by atoms with Crippen molar-refractivity contribution in [1.82, 2.24) is 0 Å². The molecule has 2 heteroatoms. The standard InChI is InChI=1S/C9H10BrF/c1-7(6-10)8-3-2-4-9(11)5-8/h2-5,7H,6H2,1H3. The zero-order chi connectivity index (χ0) is 8.27. The Kier molecular flexibility index (Phi) is 3.06. The summed E-state index contributed by atoms with van der Waals surface area (Å²) >= 11 is 3.35. The molecule has 1 unspecified atom stereocenters. The van der Waals surface area contributed by atoms with E-state index >= 15 is 0 Å². The second-order valence-corrected chi connectivity index (χ2v) is 3.26. The Morgan fingerprint density at radius 2 is 2.27 bits per heavy atom. The summed E-state index contributed by atoms with van der Waals surface area (Å²) in [7, 11) is 0. The summed E-state index contributed by atoms with van der Waals surface area (Å²) in [6.45, 7) is 2.06. The number of hydrogen-bond acceptors (Lipinski definition) is 0. The van der Waals surface area contributed by atoms with Gasteiger partial charge in [-0.2, -0.15) is 0 Å². The highest BCUT2D eigenvalue weighted by atomic mass is 79.9. The second kappa shape index (κ2) is 3.86. The van der Waals surface area contributed by atoms with E-state index in [9.17, 15) is 4.39 Å². The highest BCUT2D eigenvalue weighted by molar-refractivity contribution is 9.09. The fourth-order valence-corrected chi connectivity index (χ4v) is 1.28. The van der Waals surface area contributed by atoms with E-state index in [1.54, 1.807) is 12.1 Å². The van der Waals surface area contributed by atoms with Crippen molar-refractivity contribution in [1.29, 1.82) is 0 Å². The molecular weight excluding hydrogens is 207 g/mol. The third kappa shape index (κ3) is 2.29. The van der Waals surface area contributed by atoms with Gasteiger partial charge in [-0.15, -0.1) is 0 Å². The Morgan fingerprint density at radius 1 is 1.55 bits per heavy atom. The van der Waals surface area contributed by atoms with Crippen LogP contribution in [0.3, 0.4) is 0 Å². The summed E-state index contributed by atoms with van der Waals surface area (Å²) in [6.07, 6.45) is 0. The van der Waals surface area contributed by atoms with E-state index in [1.165, 1.54) is 6.07 Å². The van der Waals surface area contributed by atoms with E-state index in [0.717, 1.165) is 10.9 Å². The van der Waals surface area contributed by atoms with Gasteiger partial charge >= 0.3 is 0 Å². The van der Waals surface area contributed by atoms with E-state index in [1.807, 2.05) is 6.07 Å². The number of rotatable bonds is 2. The Labute approximate surface area is 74.6 Å².